The molecule has 3 rings (SSSR count). The molecule has 1 saturated heterocycles. The molecule has 1 saturated carbocycles. The number of nitrogens with two attached hydrogens (primary N) is 1. The van der Waals surface area contributed by atoms with Crippen LogP contribution in [0, 0.1) is 5.92 Å². The van der Waals surface area contributed by atoms with Gasteiger partial charge >= 0.3 is 0 Å². The molecule has 28 heavy (non-hydrogen) atoms. The number of hydrogen-bond acceptors (Lipinski definition) is 3. The summed E-state index contributed by atoms with van der Waals surface area (Å²) in [5.41, 5.74) is 7.99. The first kappa shape index (κ1) is 22.3. The molecule has 2 fully saturated rings. The molecule has 1 aliphatic heterocycles. The van der Waals surface area contributed by atoms with Crippen molar-refractivity contribution in [3.05, 3.63) is 34.9 Å². The van der Waals surface area contributed by atoms with Crippen molar-refractivity contribution >= 4 is 19.9 Å². The third kappa shape index (κ3) is 5.40. The van der Waals surface area contributed by atoms with Gasteiger partial charge in [-0.2, -0.15) is 0 Å². The van der Waals surface area contributed by atoms with Gasteiger partial charge in [0.2, 0.25) is 0 Å². The molecule has 0 spiro atoms. The highest BCUT2D eigenvalue weighted by Gasteiger charge is 2.44. The largest absolute Gasteiger partial charge is 0.414 e. The topological polar surface area (TPSA) is 38.5 Å². The van der Waals surface area contributed by atoms with Gasteiger partial charge in [0.05, 0.1) is 0 Å². The van der Waals surface area contributed by atoms with Crippen LogP contribution in [0.4, 0.5) is 0 Å². The van der Waals surface area contributed by atoms with Gasteiger partial charge in [-0.1, -0.05) is 44.5 Å². The summed E-state index contributed by atoms with van der Waals surface area (Å²) in [4.78, 5) is 2.65. The lowest BCUT2D eigenvalue weighted by Crippen LogP contribution is -2.48. The summed E-state index contributed by atoms with van der Waals surface area (Å²) < 4.78 is 6.69. The van der Waals surface area contributed by atoms with Crippen molar-refractivity contribution in [3.63, 3.8) is 0 Å². The molecule has 0 radical (unpaired) electrons. The van der Waals surface area contributed by atoms with E-state index in [0.717, 1.165) is 23.8 Å². The Morgan fingerprint density at radius 2 is 1.71 bits per heavy atom. The van der Waals surface area contributed by atoms with Crippen LogP contribution in [0.1, 0.15) is 52.0 Å². The predicted molar refractivity (Wildman–Crippen MR) is 123 cm³/mol. The molecule has 0 amide bonds. The summed E-state index contributed by atoms with van der Waals surface area (Å²) in [7, 11) is -1.72. The van der Waals surface area contributed by atoms with Crippen LogP contribution in [-0.4, -0.2) is 44.5 Å². The van der Waals surface area contributed by atoms with Gasteiger partial charge in [-0.05, 0) is 86.9 Å². The fraction of sp³-hybridized carbons (Fsp3) is 0.739. The van der Waals surface area contributed by atoms with Crippen molar-refractivity contribution in [3.8, 4) is 0 Å². The van der Waals surface area contributed by atoms with Gasteiger partial charge < -0.3 is 10.2 Å². The van der Waals surface area contributed by atoms with Gasteiger partial charge in [0, 0.05) is 23.2 Å². The highest BCUT2D eigenvalue weighted by atomic mass is 35.5. The molecule has 1 aliphatic carbocycles. The van der Waals surface area contributed by atoms with Crippen LogP contribution in [0.25, 0.3) is 0 Å². The number of likely N-dealkylation sites (tertiary alicyclic amines) is 1. The van der Waals surface area contributed by atoms with Gasteiger partial charge in [0.1, 0.15) is 0 Å². The van der Waals surface area contributed by atoms with E-state index in [9.17, 15) is 0 Å². The molecule has 2 aliphatic rings. The first-order chi connectivity index (χ1) is 13.0. The van der Waals surface area contributed by atoms with Crippen molar-refractivity contribution < 1.29 is 4.43 Å². The van der Waals surface area contributed by atoms with Crippen LogP contribution in [-0.2, 0) is 10.8 Å². The van der Waals surface area contributed by atoms with E-state index in [1.54, 1.807) is 0 Å². The summed E-state index contributed by atoms with van der Waals surface area (Å²) in [6.07, 6.45) is 6.16. The molecule has 2 N–H and O–H groups in total. The van der Waals surface area contributed by atoms with Crippen molar-refractivity contribution in [1.29, 1.82) is 0 Å². The first-order valence-electron chi connectivity index (χ1n) is 11.0. The maximum atomic E-state index is 6.69. The van der Waals surface area contributed by atoms with Gasteiger partial charge in [-0.3, -0.25) is 4.90 Å². The van der Waals surface area contributed by atoms with Crippen molar-refractivity contribution in [1.82, 2.24) is 4.90 Å². The fourth-order valence-electron chi connectivity index (χ4n) is 4.55. The highest BCUT2D eigenvalue weighted by molar-refractivity contribution is 6.74. The number of hydrogen-bond donors (Lipinski definition) is 1. The summed E-state index contributed by atoms with van der Waals surface area (Å²) >= 11 is 6.01. The minimum absolute atomic E-state index is 0.252. The second-order valence-electron chi connectivity index (χ2n) is 10.5. The number of nitrogens with zero attached hydrogens (tertiary/aromatic N) is 1. The molecule has 1 aromatic carbocycles. The lowest BCUT2D eigenvalue weighted by molar-refractivity contribution is 0.114. The van der Waals surface area contributed by atoms with E-state index in [0.29, 0.717) is 12.1 Å². The first-order valence-corrected chi connectivity index (χ1v) is 14.3. The third-order valence-corrected chi connectivity index (χ3v) is 12.1. The van der Waals surface area contributed by atoms with E-state index in [-0.39, 0.29) is 11.1 Å². The molecule has 0 unspecified atom stereocenters. The Hall–Kier alpha value is -0.393. The Morgan fingerprint density at radius 3 is 2.29 bits per heavy atom. The SMILES string of the molecule is CC(C)(C)[Si](C)(C)O[C@@H]1C[C@@H](N)[C@H](N2CCC(Cc3ccc(Cl)cc3)CC2)C1. The van der Waals surface area contributed by atoms with Gasteiger partial charge in [0.25, 0.3) is 0 Å². The molecule has 3 atom stereocenters. The average molecular weight is 423 g/mol. The zero-order valence-corrected chi connectivity index (χ0v) is 20.1. The number of rotatable bonds is 5. The normalized spacial score (nSPS) is 28.0. The quantitative estimate of drug-likeness (QED) is 0.639. The molecule has 158 valence electrons. The second kappa shape index (κ2) is 8.77. The van der Waals surface area contributed by atoms with E-state index >= 15 is 0 Å². The number of piperidine rings is 1. The van der Waals surface area contributed by atoms with Gasteiger partial charge in [0.15, 0.2) is 8.32 Å². The van der Waals surface area contributed by atoms with Gasteiger partial charge in [-0.15, -0.1) is 0 Å². The molecule has 0 aromatic heterocycles. The van der Waals surface area contributed by atoms with Crippen LogP contribution in [0.15, 0.2) is 24.3 Å². The third-order valence-electron chi connectivity index (χ3n) is 7.36. The number of halogens is 1. The summed E-state index contributed by atoms with van der Waals surface area (Å²) in [5, 5.41) is 1.08. The molecule has 0 bridgehead atoms. The molecule has 1 aromatic rings. The highest BCUT2D eigenvalue weighted by Crippen LogP contribution is 2.40. The Labute approximate surface area is 178 Å². The Kier molecular flexibility index (Phi) is 6.98. The molecular weight excluding hydrogens is 384 g/mol. The monoisotopic (exact) mass is 422 g/mol. The van der Waals surface area contributed by atoms with Crippen molar-refractivity contribution in [2.75, 3.05) is 13.1 Å². The summed E-state index contributed by atoms with van der Waals surface area (Å²) in [6, 6.07) is 9.10. The van der Waals surface area contributed by atoms with Crippen molar-refractivity contribution in [2.24, 2.45) is 11.7 Å². The van der Waals surface area contributed by atoms with E-state index in [1.807, 2.05) is 12.1 Å². The lowest BCUT2D eigenvalue weighted by Gasteiger charge is -2.39. The molecular formula is C23H39ClN2OSi. The lowest BCUT2D eigenvalue weighted by atomic mass is 9.89. The van der Waals surface area contributed by atoms with Crippen LogP contribution in [0.5, 0.6) is 0 Å². The maximum Gasteiger partial charge on any atom is 0.192 e. The zero-order chi connectivity index (χ0) is 20.5. The van der Waals surface area contributed by atoms with Crippen LogP contribution >= 0.6 is 11.6 Å². The van der Waals surface area contributed by atoms with Crippen LogP contribution < -0.4 is 5.73 Å². The maximum absolute atomic E-state index is 6.69. The second-order valence-corrected chi connectivity index (χ2v) is 15.7. The fourth-order valence-corrected chi connectivity index (χ4v) is 6.06. The minimum Gasteiger partial charge on any atom is -0.414 e. The Balaban J connectivity index is 1.49. The van der Waals surface area contributed by atoms with E-state index in [1.165, 1.54) is 37.9 Å². The predicted octanol–water partition coefficient (Wildman–Crippen LogP) is 5.47. The number of benzene rings is 1. The minimum atomic E-state index is -1.72. The van der Waals surface area contributed by atoms with Gasteiger partial charge in [-0.25, -0.2) is 0 Å². The van der Waals surface area contributed by atoms with Crippen LogP contribution in [0.2, 0.25) is 23.2 Å². The Morgan fingerprint density at radius 1 is 1.11 bits per heavy atom. The zero-order valence-electron chi connectivity index (χ0n) is 18.4. The van der Waals surface area contributed by atoms with Crippen molar-refractivity contribution in [2.45, 2.75) is 89.2 Å². The standard InChI is InChI=1S/C23H39ClN2OSi/c1-23(2,3)28(4,5)27-20-15-21(25)22(16-20)26-12-10-18(11-13-26)14-17-6-8-19(24)9-7-17/h6-9,18,20-22H,10-16,25H2,1-5H3/t20-,21-,22-/m1/s1. The van der Waals surface area contributed by atoms with E-state index in [4.69, 9.17) is 21.8 Å². The summed E-state index contributed by atoms with van der Waals surface area (Å²) in [5.74, 6) is 0.773. The summed E-state index contributed by atoms with van der Waals surface area (Å²) in [6.45, 7) is 14.0. The molecule has 3 nitrogen and oxygen atoms in total. The van der Waals surface area contributed by atoms with E-state index in [2.05, 4.69) is 50.9 Å². The average Bonchev–Trinajstić information content (AvgIpc) is 2.96. The molecule has 5 heteroatoms. The molecule has 1 heterocycles. The Bertz CT molecular complexity index is 635. The van der Waals surface area contributed by atoms with E-state index < -0.39 is 8.32 Å². The van der Waals surface area contributed by atoms with Crippen LogP contribution in [0.3, 0.4) is 0 Å². The smallest absolute Gasteiger partial charge is 0.192 e.